The molecule has 25 heavy (non-hydrogen) atoms. The average Bonchev–Trinajstić information content (AvgIpc) is 3.21. The van der Waals surface area contributed by atoms with Crippen LogP contribution in [0.4, 0.5) is 14.6 Å². The van der Waals surface area contributed by atoms with E-state index in [4.69, 9.17) is 0 Å². The minimum atomic E-state index is -1.03. The molecule has 2 aromatic heterocycles. The standard InChI is InChI=1S/C16H13F2N5O2/c17-9-1-2-10(13(18)5-9)11-6-22(7-12(11)16(24)25)15-4-3-14-20-19-8-23(14)21-15/h1-5,8,11-12H,6-7H2,(H,24,25)/t11-,12+/m0/s1. The van der Waals surface area contributed by atoms with Crippen LogP contribution in [0.25, 0.3) is 5.65 Å². The Morgan fingerprint density at radius 2 is 2.04 bits per heavy atom. The third-order valence-corrected chi connectivity index (χ3v) is 4.47. The first-order chi connectivity index (χ1) is 12.0. The highest BCUT2D eigenvalue weighted by molar-refractivity contribution is 5.74. The predicted octanol–water partition coefficient (Wildman–Crippen LogP) is 1.71. The van der Waals surface area contributed by atoms with Crippen molar-refractivity contribution in [2.75, 3.05) is 18.0 Å². The topological polar surface area (TPSA) is 83.6 Å². The Morgan fingerprint density at radius 1 is 1.20 bits per heavy atom. The van der Waals surface area contributed by atoms with E-state index in [-0.39, 0.29) is 18.7 Å². The number of carboxylic acid groups (broad SMARTS) is 1. The molecule has 1 aliphatic heterocycles. The quantitative estimate of drug-likeness (QED) is 0.778. The third-order valence-electron chi connectivity index (χ3n) is 4.47. The van der Waals surface area contributed by atoms with Gasteiger partial charge in [-0.25, -0.2) is 8.78 Å². The van der Waals surface area contributed by atoms with Crippen LogP contribution in [-0.4, -0.2) is 44.0 Å². The maximum atomic E-state index is 14.1. The number of hydrogen-bond donors (Lipinski definition) is 1. The lowest BCUT2D eigenvalue weighted by Gasteiger charge is -2.17. The number of aromatic nitrogens is 4. The molecule has 9 heteroatoms. The molecule has 0 bridgehead atoms. The maximum Gasteiger partial charge on any atom is 0.308 e. The summed E-state index contributed by atoms with van der Waals surface area (Å²) in [5, 5.41) is 21.5. The van der Waals surface area contributed by atoms with Crippen molar-refractivity contribution in [2.24, 2.45) is 5.92 Å². The van der Waals surface area contributed by atoms with E-state index in [0.29, 0.717) is 11.5 Å². The number of benzene rings is 1. The lowest BCUT2D eigenvalue weighted by molar-refractivity contribution is -0.141. The molecule has 0 amide bonds. The highest BCUT2D eigenvalue weighted by Gasteiger charge is 2.40. The number of aliphatic carboxylic acids is 1. The van der Waals surface area contributed by atoms with Gasteiger partial charge in [0.05, 0.1) is 5.92 Å². The van der Waals surface area contributed by atoms with E-state index in [0.717, 1.165) is 12.1 Å². The van der Waals surface area contributed by atoms with Gasteiger partial charge in [0, 0.05) is 25.1 Å². The summed E-state index contributed by atoms with van der Waals surface area (Å²) in [5.41, 5.74) is 0.764. The smallest absolute Gasteiger partial charge is 0.308 e. The van der Waals surface area contributed by atoms with Gasteiger partial charge >= 0.3 is 5.97 Å². The Kier molecular flexibility index (Phi) is 3.56. The lowest BCUT2D eigenvalue weighted by atomic mass is 9.88. The molecule has 2 atom stereocenters. The summed E-state index contributed by atoms with van der Waals surface area (Å²) in [6.07, 6.45) is 1.45. The van der Waals surface area contributed by atoms with Gasteiger partial charge in [-0.15, -0.1) is 15.3 Å². The van der Waals surface area contributed by atoms with Crippen molar-refractivity contribution in [1.29, 1.82) is 0 Å². The van der Waals surface area contributed by atoms with Gasteiger partial charge in [0.2, 0.25) is 0 Å². The summed E-state index contributed by atoms with van der Waals surface area (Å²) in [5.74, 6) is -3.33. The maximum absolute atomic E-state index is 14.1. The number of halogens is 2. The van der Waals surface area contributed by atoms with Gasteiger partial charge in [-0.1, -0.05) is 6.07 Å². The normalized spacial score (nSPS) is 20.3. The lowest BCUT2D eigenvalue weighted by Crippen LogP contribution is -2.24. The van der Waals surface area contributed by atoms with Gasteiger partial charge in [0.15, 0.2) is 5.65 Å². The Morgan fingerprint density at radius 3 is 2.80 bits per heavy atom. The van der Waals surface area contributed by atoms with Crippen LogP contribution >= 0.6 is 0 Å². The van der Waals surface area contributed by atoms with Gasteiger partial charge in [-0.3, -0.25) is 4.79 Å². The summed E-state index contributed by atoms with van der Waals surface area (Å²) in [4.78, 5) is 13.4. The van der Waals surface area contributed by atoms with Gasteiger partial charge < -0.3 is 10.0 Å². The molecule has 1 fully saturated rings. The van der Waals surface area contributed by atoms with Gasteiger partial charge in [-0.05, 0) is 23.8 Å². The number of rotatable bonds is 3. The zero-order valence-corrected chi connectivity index (χ0v) is 12.9. The molecular weight excluding hydrogens is 332 g/mol. The van der Waals surface area contributed by atoms with Crippen molar-refractivity contribution < 1.29 is 18.7 Å². The Balaban J connectivity index is 1.69. The third kappa shape index (κ3) is 2.67. The first kappa shape index (κ1) is 15.4. The highest BCUT2D eigenvalue weighted by atomic mass is 19.1. The van der Waals surface area contributed by atoms with E-state index in [9.17, 15) is 18.7 Å². The van der Waals surface area contributed by atoms with Crippen molar-refractivity contribution in [2.45, 2.75) is 5.92 Å². The average molecular weight is 345 g/mol. The number of fused-ring (bicyclic) bond motifs is 1. The number of nitrogens with zero attached hydrogens (tertiary/aromatic N) is 5. The first-order valence-electron chi connectivity index (χ1n) is 7.62. The summed E-state index contributed by atoms with van der Waals surface area (Å²) in [6, 6.07) is 6.66. The molecular formula is C16H13F2N5O2. The van der Waals surface area contributed by atoms with Crippen molar-refractivity contribution in [1.82, 2.24) is 19.8 Å². The Hall–Kier alpha value is -3.10. The van der Waals surface area contributed by atoms with E-state index in [1.807, 2.05) is 0 Å². The molecule has 0 aliphatic carbocycles. The molecule has 7 nitrogen and oxygen atoms in total. The molecule has 3 heterocycles. The van der Waals surface area contributed by atoms with Crippen LogP contribution < -0.4 is 4.90 Å². The molecule has 0 saturated carbocycles. The van der Waals surface area contributed by atoms with Gasteiger partial charge in [0.1, 0.15) is 23.8 Å². The monoisotopic (exact) mass is 345 g/mol. The van der Waals surface area contributed by atoms with Crippen molar-refractivity contribution >= 4 is 17.4 Å². The van der Waals surface area contributed by atoms with Crippen LogP contribution in [0.5, 0.6) is 0 Å². The molecule has 0 spiro atoms. The molecule has 1 N–H and O–H groups in total. The first-order valence-corrected chi connectivity index (χ1v) is 7.62. The number of hydrogen-bond acceptors (Lipinski definition) is 5. The van der Waals surface area contributed by atoms with Crippen molar-refractivity contribution in [3.05, 3.63) is 53.9 Å². The predicted molar refractivity (Wildman–Crippen MR) is 83.2 cm³/mol. The summed E-state index contributed by atoms with van der Waals surface area (Å²) in [7, 11) is 0. The van der Waals surface area contributed by atoms with Crippen LogP contribution in [0.2, 0.25) is 0 Å². The number of carboxylic acids is 1. The summed E-state index contributed by atoms with van der Waals surface area (Å²) >= 11 is 0. The van der Waals surface area contributed by atoms with Gasteiger partial charge in [-0.2, -0.15) is 4.52 Å². The summed E-state index contributed by atoms with van der Waals surface area (Å²) in [6.45, 7) is 0.442. The van der Waals surface area contributed by atoms with E-state index in [1.165, 1.54) is 16.9 Å². The zero-order chi connectivity index (χ0) is 17.6. The largest absolute Gasteiger partial charge is 0.481 e. The molecule has 4 rings (SSSR count). The highest BCUT2D eigenvalue weighted by Crippen LogP contribution is 2.36. The van der Waals surface area contributed by atoms with Gasteiger partial charge in [0.25, 0.3) is 0 Å². The second-order valence-electron chi connectivity index (χ2n) is 5.95. The van der Waals surface area contributed by atoms with E-state index < -0.39 is 29.4 Å². The van der Waals surface area contributed by atoms with Crippen LogP contribution in [0, 0.1) is 17.6 Å². The summed E-state index contributed by atoms with van der Waals surface area (Å²) < 4.78 is 28.8. The molecule has 3 aromatic rings. The van der Waals surface area contributed by atoms with Crippen LogP contribution in [-0.2, 0) is 4.79 Å². The fourth-order valence-corrected chi connectivity index (χ4v) is 3.25. The number of anilines is 1. The minimum absolute atomic E-state index is 0.178. The molecule has 1 aromatic carbocycles. The van der Waals surface area contributed by atoms with Crippen LogP contribution in [0.1, 0.15) is 11.5 Å². The fourth-order valence-electron chi connectivity index (χ4n) is 3.25. The van der Waals surface area contributed by atoms with Crippen LogP contribution in [0.15, 0.2) is 36.7 Å². The van der Waals surface area contributed by atoms with E-state index in [1.54, 1.807) is 17.0 Å². The number of carbonyl (C=O) groups is 1. The van der Waals surface area contributed by atoms with E-state index in [2.05, 4.69) is 15.3 Å². The Labute approximate surface area is 140 Å². The molecule has 0 unspecified atom stereocenters. The second-order valence-corrected chi connectivity index (χ2v) is 5.95. The molecule has 128 valence electrons. The van der Waals surface area contributed by atoms with Crippen molar-refractivity contribution in [3.63, 3.8) is 0 Å². The zero-order valence-electron chi connectivity index (χ0n) is 12.9. The van der Waals surface area contributed by atoms with Crippen LogP contribution in [0.3, 0.4) is 0 Å². The molecule has 1 saturated heterocycles. The second kappa shape index (κ2) is 5.76. The molecule has 0 radical (unpaired) electrons. The SMILES string of the molecule is O=C(O)[C@@H]1CN(c2ccc3nncn3n2)C[C@H]1c1ccc(F)cc1F. The van der Waals surface area contributed by atoms with Crippen molar-refractivity contribution in [3.8, 4) is 0 Å². The Bertz CT molecular complexity index is 961. The minimum Gasteiger partial charge on any atom is -0.481 e. The molecule has 1 aliphatic rings. The fraction of sp³-hybridized carbons (Fsp3) is 0.250. The van der Waals surface area contributed by atoms with E-state index >= 15 is 0 Å².